The standard InChI is InChI=1S/C27H44N8O6S2/c1-28-26(30-11-13-42-18-22-9-7-20(40-22)16-32(3)4)24(34(36)37)15-25(35(38)39)27(29-2)31-12-14-43-19-23-10-8-21(41-23)17-33(5)6/h7-10,24,29,31H,11-19H2,1-6H3,(H,28,30)/t24-/m0/s1. The summed E-state index contributed by atoms with van der Waals surface area (Å²) >= 11 is 3.23. The van der Waals surface area contributed by atoms with Gasteiger partial charge in [0.2, 0.25) is 0 Å². The van der Waals surface area contributed by atoms with E-state index in [4.69, 9.17) is 8.83 Å². The maximum absolute atomic E-state index is 12.0. The third-order valence-corrected chi connectivity index (χ3v) is 7.89. The van der Waals surface area contributed by atoms with Gasteiger partial charge in [0.1, 0.15) is 29.5 Å². The average molecular weight is 641 g/mol. The molecule has 2 heterocycles. The average Bonchev–Trinajstić information content (AvgIpc) is 3.57. The molecule has 0 radical (unpaired) electrons. The quantitative estimate of drug-likeness (QED) is 0.0599. The SMILES string of the molecule is CN=C(NCCSCc1ccc(CN(C)C)o1)[C@H](CC(=C(NC)NCCSCc1ccc(CN(C)C)o1)[N+](=O)[O-])[N+](=O)[O-]. The fraction of sp³-hybridized carbons (Fsp3) is 0.593. The van der Waals surface area contributed by atoms with Crippen LogP contribution in [0.4, 0.5) is 0 Å². The van der Waals surface area contributed by atoms with Gasteiger partial charge in [0, 0.05) is 43.6 Å². The maximum Gasteiger partial charge on any atom is 0.293 e. The van der Waals surface area contributed by atoms with E-state index in [2.05, 4.69) is 20.9 Å². The highest BCUT2D eigenvalue weighted by Crippen LogP contribution is 2.18. The highest BCUT2D eigenvalue weighted by atomic mass is 32.2. The molecule has 2 aromatic heterocycles. The van der Waals surface area contributed by atoms with Crippen molar-refractivity contribution < 1.29 is 18.7 Å². The summed E-state index contributed by atoms with van der Waals surface area (Å²) in [7, 11) is 10.9. The number of furan rings is 2. The molecule has 0 aliphatic rings. The molecular weight excluding hydrogens is 596 g/mol. The molecule has 2 aromatic rings. The van der Waals surface area contributed by atoms with E-state index in [9.17, 15) is 20.2 Å². The zero-order chi connectivity index (χ0) is 31.8. The van der Waals surface area contributed by atoms with Crippen molar-refractivity contribution in [2.75, 3.05) is 66.9 Å². The second-order valence-electron chi connectivity index (χ2n) is 10.1. The number of nitro groups is 2. The van der Waals surface area contributed by atoms with Gasteiger partial charge < -0.3 is 34.6 Å². The summed E-state index contributed by atoms with van der Waals surface area (Å²) in [5.74, 6) is 6.34. The van der Waals surface area contributed by atoms with Crippen LogP contribution in [0.5, 0.6) is 0 Å². The predicted octanol–water partition coefficient (Wildman–Crippen LogP) is 3.07. The van der Waals surface area contributed by atoms with Crippen molar-refractivity contribution in [2.45, 2.75) is 37.1 Å². The summed E-state index contributed by atoms with van der Waals surface area (Å²) in [6.07, 6.45) is -0.439. The Balaban J connectivity index is 1.88. The van der Waals surface area contributed by atoms with Gasteiger partial charge in [-0.25, -0.2) is 0 Å². The molecule has 0 bridgehead atoms. The maximum atomic E-state index is 12.0. The summed E-state index contributed by atoms with van der Waals surface area (Å²) in [6.45, 7) is 2.27. The van der Waals surface area contributed by atoms with E-state index in [1.165, 1.54) is 7.05 Å². The van der Waals surface area contributed by atoms with Crippen LogP contribution in [-0.4, -0.2) is 98.4 Å². The number of amidine groups is 1. The Labute approximate surface area is 261 Å². The Morgan fingerprint density at radius 2 is 1.37 bits per heavy atom. The van der Waals surface area contributed by atoms with Crippen molar-refractivity contribution in [3.05, 3.63) is 79.1 Å². The molecular formula is C27H44N8O6S2. The molecule has 0 aliphatic heterocycles. The number of hydrogen-bond acceptors (Lipinski definition) is 13. The molecule has 14 nitrogen and oxygen atoms in total. The van der Waals surface area contributed by atoms with E-state index in [1.807, 2.05) is 62.3 Å². The Hall–Kier alpha value is -3.21. The largest absolute Gasteiger partial charge is 0.464 e. The van der Waals surface area contributed by atoms with Crippen LogP contribution in [0.1, 0.15) is 29.5 Å². The lowest BCUT2D eigenvalue weighted by molar-refractivity contribution is -0.512. The first-order valence-electron chi connectivity index (χ1n) is 13.8. The van der Waals surface area contributed by atoms with E-state index < -0.39 is 22.3 Å². The lowest BCUT2D eigenvalue weighted by Gasteiger charge is -2.15. The molecule has 0 fully saturated rings. The van der Waals surface area contributed by atoms with Crippen LogP contribution >= 0.6 is 23.5 Å². The fourth-order valence-corrected chi connectivity index (χ4v) is 5.53. The second-order valence-corrected chi connectivity index (χ2v) is 12.3. The van der Waals surface area contributed by atoms with Crippen molar-refractivity contribution in [3.63, 3.8) is 0 Å². The normalized spacial score (nSPS) is 13.3. The van der Waals surface area contributed by atoms with Crippen LogP contribution in [-0.2, 0) is 24.6 Å². The van der Waals surface area contributed by atoms with Crippen molar-refractivity contribution in [2.24, 2.45) is 4.99 Å². The summed E-state index contributed by atoms with van der Waals surface area (Å²) in [5.41, 5.74) is -0.308. The third-order valence-electron chi connectivity index (χ3n) is 5.92. The molecule has 16 heteroatoms. The van der Waals surface area contributed by atoms with Gasteiger partial charge in [0.15, 0.2) is 11.7 Å². The van der Waals surface area contributed by atoms with E-state index in [1.54, 1.807) is 30.6 Å². The number of rotatable bonds is 21. The van der Waals surface area contributed by atoms with Gasteiger partial charge in [-0.05, 0) is 52.5 Å². The summed E-state index contributed by atoms with van der Waals surface area (Å²) in [4.78, 5) is 30.9. The highest BCUT2D eigenvalue weighted by molar-refractivity contribution is 7.98. The summed E-state index contributed by atoms with van der Waals surface area (Å²) in [5, 5.41) is 32.8. The van der Waals surface area contributed by atoms with Crippen molar-refractivity contribution in [1.82, 2.24) is 25.8 Å². The predicted molar refractivity (Wildman–Crippen MR) is 172 cm³/mol. The fourth-order valence-electron chi connectivity index (χ4n) is 4.04. The van der Waals surface area contributed by atoms with Crippen LogP contribution < -0.4 is 16.0 Å². The first-order valence-corrected chi connectivity index (χ1v) is 16.1. The van der Waals surface area contributed by atoms with E-state index in [-0.39, 0.29) is 17.4 Å². The topological polar surface area (TPSA) is 167 Å². The Kier molecular flexibility index (Phi) is 16.0. The molecule has 3 N–H and O–H groups in total. The highest BCUT2D eigenvalue weighted by Gasteiger charge is 2.35. The molecule has 0 saturated heterocycles. The van der Waals surface area contributed by atoms with Crippen LogP contribution in [0.3, 0.4) is 0 Å². The third kappa shape index (κ3) is 13.3. The Morgan fingerprint density at radius 3 is 1.79 bits per heavy atom. The molecule has 0 saturated carbocycles. The molecule has 240 valence electrons. The van der Waals surface area contributed by atoms with Gasteiger partial charge in [0.05, 0.1) is 29.5 Å². The number of nitrogens with zero attached hydrogens (tertiary/aromatic N) is 5. The van der Waals surface area contributed by atoms with Gasteiger partial charge in [-0.2, -0.15) is 23.5 Å². The number of nitrogens with one attached hydrogen (secondary N) is 3. The molecule has 1 atom stereocenters. The second kappa shape index (κ2) is 19.1. The van der Waals surface area contributed by atoms with Crippen LogP contribution in [0.2, 0.25) is 0 Å². The molecule has 0 aliphatic carbocycles. The van der Waals surface area contributed by atoms with Gasteiger partial charge in [-0.1, -0.05) is 0 Å². The van der Waals surface area contributed by atoms with Gasteiger partial charge in [0.25, 0.3) is 11.7 Å². The summed E-state index contributed by atoms with van der Waals surface area (Å²) in [6, 6.07) is 6.40. The molecule has 43 heavy (non-hydrogen) atoms. The number of aliphatic imine (C=N–C) groups is 1. The van der Waals surface area contributed by atoms with Crippen LogP contribution in [0, 0.1) is 20.2 Å². The molecule has 0 amide bonds. The Morgan fingerprint density at radius 1 is 0.884 bits per heavy atom. The van der Waals surface area contributed by atoms with Crippen molar-refractivity contribution in [3.8, 4) is 0 Å². The first-order chi connectivity index (χ1) is 20.5. The lowest BCUT2D eigenvalue weighted by atomic mass is 10.1. The smallest absolute Gasteiger partial charge is 0.293 e. The van der Waals surface area contributed by atoms with Gasteiger partial charge >= 0.3 is 0 Å². The molecule has 0 aromatic carbocycles. The van der Waals surface area contributed by atoms with E-state index >= 15 is 0 Å². The van der Waals surface area contributed by atoms with Gasteiger partial charge in [-0.3, -0.25) is 25.2 Å². The zero-order valence-corrected chi connectivity index (χ0v) is 27.4. The minimum atomic E-state index is -1.40. The number of hydrogen-bond donors (Lipinski definition) is 3. The summed E-state index contributed by atoms with van der Waals surface area (Å²) < 4.78 is 11.6. The van der Waals surface area contributed by atoms with Crippen molar-refractivity contribution >= 4 is 29.4 Å². The zero-order valence-electron chi connectivity index (χ0n) is 25.8. The van der Waals surface area contributed by atoms with Crippen LogP contribution in [0.15, 0.2) is 49.6 Å². The molecule has 0 unspecified atom stereocenters. The molecule has 0 spiro atoms. The minimum absolute atomic E-state index is 0.0920. The Bertz CT molecular complexity index is 1210. The van der Waals surface area contributed by atoms with Crippen molar-refractivity contribution in [1.29, 1.82) is 0 Å². The van der Waals surface area contributed by atoms with E-state index in [0.717, 1.165) is 36.1 Å². The van der Waals surface area contributed by atoms with Gasteiger partial charge in [-0.15, -0.1) is 0 Å². The van der Waals surface area contributed by atoms with E-state index in [0.29, 0.717) is 36.1 Å². The van der Waals surface area contributed by atoms with Crippen LogP contribution in [0.25, 0.3) is 0 Å². The lowest BCUT2D eigenvalue weighted by Crippen LogP contribution is -2.42. The number of thioether (sulfide) groups is 2. The minimum Gasteiger partial charge on any atom is -0.464 e. The first kappa shape index (κ1) is 36.0. The molecule has 2 rings (SSSR count). The monoisotopic (exact) mass is 640 g/mol.